The molecule has 0 bridgehead atoms. The van der Waals surface area contributed by atoms with Crippen molar-refractivity contribution in [3.63, 3.8) is 0 Å². The molecule has 0 aliphatic rings. The molecule has 0 saturated carbocycles. The zero-order valence-electron chi connectivity index (χ0n) is 9.86. The van der Waals surface area contributed by atoms with Crippen LogP contribution < -0.4 is 5.32 Å². The Morgan fingerprint density at radius 1 is 1.20 bits per heavy atom. The molecule has 2 nitrogen and oxygen atoms in total. The molecule has 0 saturated heterocycles. The predicted octanol–water partition coefficient (Wildman–Crippen LogP) is 2.76. The van der Waals surface area contributed by atoms with Crippen molar-refractivity contribution in [2.45, 2.75) is 32.9 Å². The number of rotatable bonds is 6. The molecule has 0 fully saturated rings. The fourth-order valence-electron chi connectivity index (χ4n) is 1.56. The second-order valence-electron chi connectivity index (χ2n) is 3.94. The maximum Gasteiger partial charge on any atom is 0.0661 e. The molecule has 0 heterocycles. The Balaban J connectivity index is 2.63. The number of nitrogens with one attached hydrogen (secondary N) is 1. The standard InChI is InChI=1S/C13H21NO/c1-4-15-10-13(14-11(2)3)12-8-6-5-7-9-12/h5-9,11,13-14H,4,10H2,1-3H3/t13-/m1/s1. The molecule has 0 spiro atoms. The third kappa shape index (κ3) is 4.45. The van der Waals surface area contributed by atoms with Crippen LogP contribution in [0.25, 0.3) is 0 Å². The van der Waals surface area contributed by atoms with Crippen LogP contribution in [0.3, 0.4) is 0 Å². The van der Waals surface area contributed by atoms with E-state index in [0.29, 0.717) is 12.1 Å². The summed E-state index contributed by atoms with van der Waals surface area (Å²) in [6.45, 7) is 7.84. The molecule has 1 atom stereocenters. The SMILES string of the molecule is CCOC[C@@H](NC(C)C)c1ccccc1. The van der Waals surface area contributed by atoms with Gasteiger partial charge in [0.25, 0.3) is 0 Å². The fraction of sp³-hybridized carbons (Fsp3) is 0.538. The minimum absolute atomic E-state index is 0.297. The van der Waals surface area contributed by atoms with Gasteiger partial charge in [0, 0.05) is 12.6 Å². The maximum absolute atomic E-state index is 5.49. The van der Waals surface area contributed by atoms with E-state index >= 15 is 0 Å². The van der Waals surface area contributed by atoms with Crippen LogP contribution in [0.5, 0.6) is 0 Å². The molecule has 0 radical (unpaired) electrons. The zero-order chi connectivity index (χ0) is 11.1. The molecule has 1 N–H and O–H groups in total. The molecule has 0 amide bonds. The highest BCUT2D eigenvalue weighted by atomic mass is 16.5. The van der Waals surface area contributed by atoms with Crippen molar-refractivity contribution in [1.82, 2.24) is 5.32 Å². The van der Waals surface area contributed by atoms with Gasteiger partial charge in [0.15, 0.2) is 0 Å². The Kier molecular flexibility index (Phi) is 5.37. The lowest BCUT2D eigenvalue weighted by Crippen LogP contribution is -2.31. The summed E-state index contributed by atoms with van der Waals surface area (Å²) in [7, 11) is 0. The van der Waals surface area contributed by atoms with Crippen molar-refractivity contribution in [2.75, 3.05) is 13.2 Å². The topological polar surface area (TPSA) is 21.3 Å². The van der Waals surface area contributed by atoms with E-state index in [1.54, 1.807) is 0 Å². The Labute approximate surface area is 92.6 Å². The lowest BCUT2D eigenvalue weighted by Gasteiger charge is -2.21. The van der Waals surface area contributed by atoms with Crippen LogP contribution in [0.2, 0.25) is 0 Å². The average molecular weight is 207 g/mol. The largest absolute Gasteiger partial charge is 0.380 e. The highest BCUT2D eigenvalue weighted by molar-refractivity contribution is 5.19. The van der Waals surface area contributed by atoms with Crippen molar-refractivity contribution in [1.29, 1.82) is 0 Å². The quantitative estimate of drug-likeness (QED) is 0.774. The molecular weight excluding hydrogens is 186 g/mol. The summed E-state index contributed by atoms with van der Waals surface area (Å²) in [4.78, 5) is 0. The van der Waals surface area contributed by atoms with Crippen molar-refractivity contribution in [2.24, 2.45) is 0 Å². The van der Waals surface area contributed by atoms with E-state index in [4.69, 9.17) is 4.74 Å². The van der Waals surface area contributed by atoms with Gasteiger partial charge < -0.3 is 10.1 Å². The van der Waals surface area contributed by atoms with Crippen LogP contribution in [-0.2, 0) is 4.74 Å². The number of hydrogen-bond acceptors (Lipinski definition) is 2. The van der Waals surface area contributed by atoms with E-state index < -0.39 is 0 Å². The predicted molar refractivity (Wildman–Crippen MR) is 63.9 cm³/mol. The van der Waals surface area contributed by atoms with Gasteiger partial charge >= 0.3 is 0 Å². The van der Waals surface area contributed by atoms with Crippen LogP contribution in [0.4, 0.5) is 0 Å². The highest BCUT2D eigenvalue weighted by Gasteiger charge is 2.11. The molecule has 0 aliphatic heterocycles. The van der Waals surface area contributed by atoms with E-state index in [0.717, 1.165) is 13.2 Å². The summed E-state index contributed by atoms with van der Waals surface area (Å²) in [5.74, 6) is 0. The van der Waals surface area contributed by atoms with Crippen LogP contribution in [0.1, 0.15) is 32.4 Å². The fourth-order valence-corrected chi connectivity index (χ4v) is 1.56. The van der Waals surface area contributed by atoms with Crippen molar-refractivity contribution in [3.05, 3.63) is 35.9 Å². The summed E-state index contributed by atoms with van der Waals surface area (Å²) in [6.07, 6.45) is 0. The van der Waals surface area contributed by atoms with E-state index in [2.05, 4.69) is 43.4 Å². The van der Waals surface area contributed by atoms with Gasteiger partial charge in [-0.1, -0.05) is 44.2 Å². The molecular formula is C13H21NO. The van der Waals surface area contributed by atoms with Crippen molar-refractivity contribution < 1.29 is 4.74 Å². The van der Waals surface area contributed by atoms with Gasteiger partial charge in [-0.25, -0.2) is 0 Å². The first kappa shape index (κ1) is 12.2. The van der Waals surface area contributed by atoms with E-state index in [9.17, 15) is 0 Å². The molecule has 1 rings (SSSR count). The molecule has 15 heavy (non-hydrogen) atoms. The first-order chi connectivity index (χ1) is 7.24. The van der Waals surface area contributed by atoms with Gasteiger partial charge in [0.1, 0.15) is 0 Å². The van der Waals surface area contributed by atoms with Gasteiger partial charge in [0.05, 0.1) is 12.6 Å². The Morgan fingerprint density at radius 3 is 2.40 bits per heavy atom. The third-order valence-electron chi connectivity index (χ3n) is 2.23. The van der Waals surface area contributed by atoms with E-state index in [1.165, 1.54) is 5.56 Å². The summed E-state index contributed by atoms with van der Waals surface area (Å²) >= 11 is 0. The number of hydrogen-bond donors (Lipinski definition) is 1. The molecule has 84 valence electrons. The van der Waals surface area contributed by atoms with Crippen LogP contribution >= 0.6 is 0 Å². The second-order valence-corrected chi connectivity index (χ2v) is 3.94. The zero-order valence-corrected chi connectivity index (χ0v) is 9.86. The first-order valence-corrected chi connectivity index (χ1v) is 5.62. The normalized spacial score (nSPS) is 13.1. The van der Waals surface area contributed by atoms with Gasteiger partial charge in [0.2, 0.25) is 0 Å². The monoisotopic (exact) mass is 207 g/mol. The summed E-state index contributed by atoms with van der Waals surface area (Å²) in [5, 5.41) is 3.51. The van der Waals surface area contributed by atoms with Gasteiger partial charge in [-0.15, -0.1) is 0 Å². The van der Waals surface area contributed by atoms with Crippen LogP contribution in [-0.4, -0.2) is 19.3 Å². The lowest BCUT2D eigenvalue weighted by atomic mass is 10.1. The summed E-state index contributed by atoms with van der Waals surface area (Å²) in [5.41, 5.74) is 1.29. The van der Waals surface area contributed by atoms with E-state index in [1.807, 2.05) is 13.0 Å². The molecule has 0 aromatic heterocycles. The maximum atomic E-state index is 5.49. The van der Waals surface area contributed by atoms with E-state index in [-0.39, 0.29) is 0 Å². The number of benzene rings is 1. The lowest BCUT2D eigenvalue weighted by molar-refractivity contribution is 0.120. The van der Waals surface area contributed by atoms with Crippen molar-refractivity contribution in [3.8, 4) is 0 Å². The van der Waals surface area contributed by atoms with Gasteiger partial charge in [-0.3, -0.25) is 0 Å². The summed E-state index contributed by atoms with van der Waals surface area (Å²) < 4.78 is 5.49. The second kappa shape index (κ2) is 6.59. The van der Waals surface area contributed by atoms with Crippen LogP contribution in [0.15, 0.2) is 30.3 Å². The highest BCUT2D eigenvalue weighted by Crippen LogP contribution is 2.13. The van der Waals surface area contributed by atoms with Crippen molar-refractivity contribution >= 4 is 0 Å². The average Bonchev–Trinajstić information content (AvgIpc) is 2.25. The van der Waals surface area contributed by atoms with Gasteiger partial charge in [-0.2, -0.15) is 0 Å². The summed E-state index contributed by atoms with van der Waals surface area (Å²) in [6, 6.07) is 11.2. The third-order valence-corrected chi connectivity index (χ3v) is 2.23. The Hall–Kier alpha value is -0.860. The smallest absolute Gasteiger partial charge is 0.0661 e. The Bertz CT molecular complexity index is 258. The minimum Gasteiger partial charge on any atom is -0.380 e. The minimum atomic E-state index is 0.297. The molecule has 0 unspecified atom stereocenters. The number of ether oxygens (including phenoxy) is 1. The molecule has 1 aromatic carbocycles. The molecule has 1 aromatic rings. The van der Waals surface area contributed by atoms with Gasteiger partial charge in [-0.05, 0) is 12.5 Å². The molecule has 2 heteroatoms. The first-order valence-electron chi connectivity index (χ1n) is 5.62. The van der Waals surface area contributed by atoms with Crippen LogP contribution in [0, 0.1) is 0 Å². The molecule has 0 aliphatic carbocycles. The Morgan fingerprint density at radius 2 is 1.87 bits per heavy atom.